The van der Waals surface area contributed by atoms with Gasteiger partial charge in [-0.2, -0.15) is 0 Å². The molecule has 1 saturated carbocycles. The van der Waals surface area contributed by atoms with E-state index in [1.165, 1.54) is 32.1 Å². The Morgan fingerprint density at radius 1 is 1.32 bits per heavy atom. The minimum Gasteiger partial charge on any atom is -0.493 e. The molecule has 1 aromatic rings. The topological polar surface area (TPSA) is 26.3 Å². The number of rotatable bonds is 5. The molecule has 1 aromatic carbocycles. The molecule has 1 aliphatic rings. The highest BCUT2D eigenvalue weighted by Gasteiger charge is 2.20. The van der Waals surface area contributed by atoms with Crippen molar-refractivity contribution in [3.63, 3.8) is 0 Å². The zero-order valence-electron chi connectivity index (χ0n) is 11.5. The van der Waals surface area contributed by atoms with Crippen LogP contribution in [0.3, 0.4) is 0 Å². The number of Topliss-reactive ketones (excluding diaryl/α,β-unsaturated/α-hetero) is 1. The molecule has 0 aromatic heterocycles. The minimum absolute atomic E-state index is 0.219. The van der Waals surface area contributed by atoms with Crippen LogP contribution in [0.15, 0.2) is 22.7 Å². The molecule has 3 heteroatoms. The normalized spacial score (nSPS) is 16.3. The predicted octanol–water partition coefficient (Wildman–Crippen LogP) is 5.00. The average Bonchev–Trinajstić information content (AvgIpc) is 2.42. The van der Waals surface area contributed by atoms with E-state index in [2.05, 4.69) is 15.9 Å². The Hall–Kier alpha value is -0.830. The lowest BCUT2D eigenvalue weighted by Crippen LogP contribution is -2.13. The largest absolute Gasteiger partial charge is 0.493 e. The van der Waals surface area contributed by atoms with E-state index >= 15 is 0 Å². The van der Waals surface area contributed by atoms with Crippen molar-refractivity contribution in [2.75, 3.05) is 6.61 Å². The molecular formula is C16H21BrO2. The molecule has 2 rings (SSSR count). The van der Waals surface area contributed by atoms with Gasteiger partial charge < -0.3 is 4.74 Å². The van der Waals surface area contributed by atoms with Gasteiger partial charge in [-0.1, -0.05) is 48.0 Å². The van der Waals surface area contributed by atoms with Gasteiger partial charge in [-0.05, 0) is 31.0 Å². The molecule has 0 unspecified atom stereocenters. The molecule has 1 aliphatic carbocycles. The first kappa shape index (κ1) is 14.6. The van der Waals surface area contributed by atoms with Gasteiger partial charge >= 0.3 is 0 Å². The third-order valence-corrected chi connectivity index (χ3v) is 4.23. The molecule has 0 radical (unpaired) electrons. The molecule has 1 fully saturated rings. The molecular weight excluding hydrogens is 304 g/mol. The number of ether oxygens (including phenoxy) is 1. The van der Waals surface area contributed by atoms with E-state index in [0.29, 0.717) is 24.7 Å². The number of hydrogen-bond acceptors (Lipinski definition) is 2. The quantitative estimate of drug-likeness (QED) is 0.712. The van der Waals surface area contributed by atoms with Crippen molar-refractivity contribution in [1.29, 1.82) is 0 Å². The van der Waals surface area contributed by atoms with E-state index in [9.17, 15) is 4.79 Å². The molecule has 0 N–H and O–H groups in total. The lowest BCUT2D eigenvalue weighted by Gasteiger charge is -2.21. The van der Waals surface area contributed by atoms with Gasteiger partial charge in [0.05, 0.1) is 12.2 Å². The lowest BCUT2D eigenvalue weighted by atomic mass is 9.84. The Kier molecular flexibility index (Phi) is 5.44. The number of benzene rings is 1. The standard InChI is InChI=1S/C16H21BrO2/c1-2-19-16-9-8-13(17)11-14(16)15(18)10-12-6-4-3-5-7-12/h8-9,11-12H,2-7,10H2,1H3. The van der Waals surface area contributed by atoms with Gasteiger partial charge in [0.25, 0.3) is 0 Å². The molecule has 2 nitrogen and oxygen atoms in total. The van der Waals surface area contributed by atoms with Crippen molar-refractivity contribution in [1.82, 2.24) is 0 Å². The van der Waals surface area contributed by atoms with E-state index in [1.54, 1.807) is 0 Å². The van der Waals surface area contributed by atoms with Crippen LogP contribution in [0.1, 0.15) is 55.8 Å². The zero-order valence-corrected chi connectivity index (χ0v) is 13.0. The van der Waals surface area contributed by atoms with Crippen molar-refractivity contribution >= 4 is 21.7 Å². The van der Waals surface area contributed by atoms with E-state index < -0.39 is 0 Å². The Bertz CT molecular complexity index is 436. The second-order valence-electron chi connectivity index (χ2n) is 5.20. The maximum absolute atomic E-state index is 12.5. The molecule has 0 bridgehead atoms. The summed E-state index contributed by atoms with van der Waals surface area (Å²) in [7, 11) is 0. The van der Waals surface area contributed by atoms with E-state index in [1.807, 2.05) is 25.1 Å². The van der Waals surface area contributed by atoms with Crippen molar-refractivity contribution in [2.24, 2.45) is 5.92 Å². The van der Waals surface area contributed by atoms with Gasteiger partial charge in [0.1, 0.15) is 5.75 Å². The highest BCUT2D eigenvalue weighted by molar-refractivity contribution is 9.10. The highest BCUT2D eigenvalue weighted by atomic mass is 79.9. The van der Waals surface area contributed by atoms with E-state index in [-0.39, 0.29) is 5.78 Å². The number of carbonyl (C=O) groups is 1. The van der Waals surface area contributed by atoms with E-state index in [0.717, 1.165) is 10.0 Å². The summed E-state index contributed by atoms with van der Waals surface area (Å²) in [6.45, 7) is 2.53. The number of ketones is 1. The second-order valence-corrected chi connectivity index (χ2v) is 6.12. The monoisotopic (exact) mass is 324 g/mol. The van der Waals surface area contributed by atoms with Crippen LogP contribution in [0, 0.1) is 5.92 Å². The Morgan fingerprint density at radius 2 is 2.05 bits per heavy atom. The van der Waals surface area contributed by atoms with Gasteiger partial charge in [-0.25, -0.2) is 0 Å². The van der Waals surface area contributed by atoms with Gasteiger partial charge in [0, 0.05) is 10.9 Å². The van der Waals surface area contributed by atoms with Crippen LogP contribution in [-0.4, -0.2) is 12.4 Å². The van der Waals surface area contributed by atoms with Crippen LogP contribution in [0.4, 0.5) is 0 Å². The Labute approximate surface area is 123 Å². The summed E-state index contributed by atoms with van der Waals surface area (Å²) in [5.41, 5.74) is 0.724. The number of halogens is 1. The van der Waals surface area contributed by atoms with E-state index in [4.69, 9.17) is 4.74 Å². The maximum atomic E-state index is 12.5. The van der Waals surface area contributed by atoms with Gasteiger partial charge in [0.2, 0.25) is 0 Å². The smallest absolute Gasteiger partial charge is 0.166 e. The molecule has 104 valence electrons. The van der Waals surface area contributed by atoms with Crippen LogP contribution in [0.25, 0.3) is 0 Å². The van der Waals surface area contributed by atoms with Crippen molar-refractivity contribution in [2.45, 2.75) is 45.4 Å². The lowest BCUT2D eigenvalue weighted by molar-refractivity contribution is 0.0946. The minimum atomic E-state index is 0.219. The zero-order chi connectivity index (χ0) is 13.7. The van der Waals surface area contributed by atoms with Gasteiger partial charge in [0.15, 0.2) is 5.78 Å². The van der Waals surface area contributed by atoms with Gasteiger partial charge in [-0.15, -0.1) is 0 Å². The molecule has 0 heterocycles. The summed E-state index contributed by atoms with van der Waals surface area (Å²) in [5.74, 6) is 1.50. The first-order valence-corrected chi connectivity index (χ1v) is 7.95. The fourth-order valence-electron chi connectivity index (χ4n) is 2.76. The molecule has 19 heavy (non-hydrogen) atoms. The third kappa shape index (κ3) is 4.07. The summed E-state index contributed by atoms with van der Waals surface area (Å²) < 4.78 is 6.49. The molecule has 0 atom stereocenters. The van der Waals surface area contributed by atoms with Crippen LogP contribution in [0.5, 0.6) is 5.75 Å². The molecule has 0 aliphatic heterocycles. The van der Waals surface area contributed by atoms with Crippen LogP contribution < -0.4 is 4.74 Å². The van der Waals surface area contributed by atoms with Crippen molar-refractivity contribution < 1.29 is 9.53 Å². The summed E-state index contributed by atoms with van der Waals surface area (Å²) in [5, 5.41) is 0. The summed E-state index contributed by atoms with van der Waals surface area (Å²) in [4.78, 5) is 12.5. The van der Waals surface area contributed by atoms with Crippen LogP contribution in [0.2, 0.25) is 0 Å². The van der Waals surface area contributed by atoms with Crippen molar-refractivity contribution in [3.8, 4) is 5.75 Å². The second kappa shape index (κ2) is 7.09. The fourth-order valence-corrected chi connectivity index (χ4v) is 3.13. The summed E-state index contributed by atoms with van der Waals surface area (Å²) >= 11 is 3.43. The molecule has 0 spiro atoms. The first-order chi connectivity index (χ1) is 9.20. The summed E-state index contributed by atoms with van der Waals surface area (Å²) in [6, 6.07) is 5.68. The van der Waals surface area contributed by atoms with Gasteiger partial charge in [-0.3, -0.25) is 4.79 Å². The fraction of sp³-hybridized carbons (Fsp3) is 0.562. The predicted molar refractivity (Wildman–Crippen MR) is 80.8 cm³/mol. The Morgan fingerprint density at radius 3 is 2.74 bits per heavy atom. The number of hydrogen-bond donors (Lipinski definition) is 0. The van der Waals surface area contributed by atoms with Crippen molar-refractivity contribution in [3.05, 3.63) is 28.2 Å². The molecule has 0 amide bonds. The molecule has 0 saturated heterocycles. The maximum Gasteiger partial charge on any atom is 0.166 e. The SMILES string of the molecule is CCOc1ccc(Br)cc1C(=O)CC1CCCCC1. The average molecular weight is 325 g/mol. The first-order valence-electron chi connectivity index (χ1n) is 7.16. The highest BCUT2D eigenvalue weighted by Crippen LogP contribution is 2.30. The van der Waals surface area contributed by atoms with Crippen LogP contribution in [-0.2, 0) is 0 Å². The Balaban J connectivity index is 2.10. The number of carbonyl (C=O) groups excluding carboxylic acids is 1. The summed E-state index contributed by atoms with van der Waals surface area (Å²) in [6.07, 6.45) is 6.93. The third-order valence-electron chi connectivity index (χ3n) is 3.74. The van der Waals surface area contributed by atoms with Crippen LogP contribution >= 0.6 is 15.9 Å².